The normalized spacial score (nSPS) is 26.2. The molecule has 0 aromatic carbocycles. The third kappa shape index (κ3) is 31.4. The van der Waals surface area contributed by atoms with E-state index in [1.165, 1.54) is 0 Å². The molecule has 0 bridgehead atoms. The van der Waals surface area contributed by atoms with Crippen LogP contribution in [0.15, 0.2) is 146 Å². The molecule has 0 spiro atoms. The van der Waals surface area contributed by atoms with Crippen LogP contribution in [0.3, 0.4) is 0 Å². The molecule has 2 fully saturated rings. The van der Waals surface area contributed by atoms with Crippen LogP contribution >= 0.6 is 0 Å². The molecule has 11 unspecified atom stereocenters. The lowest BCUT2D eigenvalue weighted by Gasteiger charge is -2.42. The summed E-state index contributed by atoms with van der Waals surface area (Å²) in [5.74, 6) is -0.526. The largest absolute Gasteiger partial charge is 0.457 e. The third-order valence-electron chi connectivity index (χ3n) is 11.4. The van der Waals surface area contributed by atoms with E-state index >= 15 is 0 Å². The minimum Gasteiger partial charge on any atom is -0.457 e. The summed E-state index contributed by atoms with van der Waals surface area (Å²) in [6.45, 7) is 3.16. The molecule has 2 aliphatic heterocycles. The summed E-state index contributed by atoms with van der Waals surface area (Å²) in [6, 6.07) is 0. The number of allylic oxidation sites excluding steroid dienone is 23. The van der Waals surface area contributed by atoms with Gasteiger partial charge in [-0.2, -0.15) is 0 Å². The highest BCUT2D eigenvalue weighted by Gasteiger charge is 2.47. The number of ether oxygens (including phenoxy) is 6. The standard InChI is InChI=1S/C59H90O14/c1-3-5-7-9-11-13-15-17-19-20-21-22-23-24-25-26-27-29-31-33-35-37-39-41-43-68-45-48(71-51(61)42-40-38-36-34-32-30-28-18-16-14-12-10-8-6-4-2)46-69-58-57(67)55(65)53(63)50(73-58)47-70-59-56(66)54(64)52(62)49(44-60)72-59/h5-8,11-14,17-19,21-22,24-25,27-29,32-35,38,40,48-50,52-60,62-67H,3-4,9-10,15-16,20,23,26,30-31,36-37,39,41-47H2,1-2H3/b7-5-,8-6-,13-11-,14-12-,19-17-,22-21-,25-24-,28-18-,29-27-,34-32-,35-33-,40-38-. The van der Waals surface area contributed by atoms with Gasteiger partial charge in [-0.25, -0.2) is 0 Å². The summed E-state index contributed by atoms with van der Waals surface area (Å²) in [5, 5.41) is 72.2. The molecule has 2 saturated heterocycles. The van der Waals surface area contributed by atoms with Gasteiger partial charge in [0.2, 0.25) is 0 Å². The Morgan fingerprint density at radius 1 is 0.452 bits per heavy atom. The molecule has 0 aromatic heterocycles. The molecule has 73 heavy (non-hydrogen) atoms. The second kappa shape index (κ2) is 44.2. The summed E-state index contributed by atoms with van der Waals surface area (Å²) in [4.78, 5) is 13.0. The molecule has 0 aliphatic carbocycles. The van der Waals surface area contributed by atoms with Crippen LogP contribution in [0.2, 0.25) is 0 Å². The van der Waals surface area contributed by atoms with Gasteiger partial charge < -0.3 is 64.2 Å². The van der Waals surface area contributed by atoms with Crippen molar-refractivity contribution in [3.63, 3.8) is 0 Å². The second-order valence-corrected chi connectivity index (χ2v) is 17.6. The lowest BCUT2D eigenvalue weighted by Crippen LogP contribution is -2.61. The van der Waals surface area contributed by atoms with Crippen LogP contribution in [0.25, 0.3) is 0 Å². The first kappa shape index (κ1) is 65.0. The van der Waals surface area contributed by atoms with E-state index in [2.05, 4.69) is 141 Å². The molecule has 7 N–H and O–H groups in total. The van der Waals surface area contributed by atoms with Crippen molar-refractivity contribution >= 4 is 5.97 Å². The van der Waals surface area contributed by atoms with Gasteiger partial charge >= 0.3 is 5.97 Å². The van der Waals surface area contributed by atoms with Gasteiger partial charge in [-0.1, -0.05) is 160 Å². The van der Waals surface area contributed by atoms with E-state index in [0.29, 0.717) is 13.0 Å². The second-order valence-electron chi connectivity index (χ2n) is 17.6. The van der Waals surface area contributed by atoms with Gasteiger partial charge in [-0.05, 0) is 96.3 Å². The molecule has 2 aliphatic rings. The predicted molar refractivity (Wildman–Crippen MR) is 288 cm³/mol. The fourth-order valence-corrected chi connectivity index (χ4v) is 7.16. The minimum absolute atomic E-state index is 0.000246. The maximum atomic E-state index is 13.0. The van der Waals surface area contributed by atoms with E-state index in [9.17, 15) is 40.5 Å². The molecule has 0 amide bonds. The van der Waals surface area contributed by atoms with E-state index < -0.39 is 86.7 Å². The van der Waals surface area contributed by atoms with E-state index in [4.69, 9.17) is 28.4 Å². The summed E-state index contributed by atoms with van der Waals surface area (Å²) in [5.41, 5.74) is 0. The molecule has 14 heteroatoms. The molecule has 0 radical (unpaired) electrons. The maximum absolute atomic E-state index is 13.0. The molecule has 14 nitrogen and oxygen atoms in total. The molecule has 0 saturated carbocycles. The van der Waals surface area contributed by atoms with Gasteiger partial charge in [0.1, 0.15) is 54.9 Å². The third-order valence-corrected chi connectivity index (χ3v) is 11.4. The van der Waals surface area contributed by atoms with Crippen LogP contribution in [0, 0.1) is 0 Å². The molecular weight excluding hydrogens is 933 g/mol. The Labute approximate surface area is 436 Å². The number of unbranched alkanes of at least 4 members (excludes halogenated alkanes) is 2. The van der Waals surface area contributed by atoms with Crippen molar-refractivity contribution in [1.29, 1.82) is 0 Å². The van der Waals surface area contributed by atoms with Crippen molar-refractivity contribution in [2.75, 3.05) is 33.0 Å². The SMILES string of the molecule is CC/C=C\C/C=C\C/C=C\C/C=C\C/C=C\C/C=C\C/C=C\CCCCOCC(COC1OC(COC2OC(CO)C(O)C(O)C2O)C(O)C(O)C1O)OC(=O)C/C=C\C/C=C\C/C=C\C/C=C\C/C=C\CC. The lowest BCUT2D eigenvalue weighted by molar-refractivity contribution is -0.332. The van der Waals surface area contributed by atoms with Gasteiger partial charge in [0.25, 0.3) is 0 Å². The van der Waals surface area contributed by atoms with E-state index in [1.54, 1.807) is 6.08 Å². The van der Waals surface area contributed by atoms with Gasteiger partial charge in [-0.3, -0.25) is 4.79 Å². The van der Waals surface area contributed by atoms with Crippen molar-refractivity contribution < 1.29 is 69.0 Å². The summed E-state index contributed by atoms with van der Waals surface area (Å²) < 4.78 is 34.1. The first-order chi connectivity index (χ1) is 35.6. The van der Waals surface area contributed by atoms with Gasteiger partial charge in [0.05, 0.1) is 32.8 Å². The Morgan fingerprint density at radius 2 is 0.836 bits per heavy atom. The Kier molecular flexibility index (Phi) is 39.3. The lowest BCUT2D eigenvalue weighted by atomic mass is 9.98. The van der Waals surface area contributed by atoms with Gasteiger partial charge in [0, 0.05) is 6.61 Å². The van der Waals surface area contributed by atoms with Gasteiger partial charge in [0.15, 0.2) is 12.6 Å². The zero-order valence-corrected chi connectivity index (χ0v) is 43.5. The number of hydrogen-bond acceptors (Lipinski definition) is 14. The number of rotatable bonds is 39. The summed E-state index contributed by atoms with van der Waals surface area (Å²) in [7, 11) is 0. The van der Waals surface area contributed by atoms with E-state index in [1.807, 2.05) is 12.2 Å². The predicted octanol–water partition coefficient (Wildman–Crippen LogP) is 8.51. The number of aliphatic hydroxyl groups excluding tert-OH is 7. The van der Waals surface area contributed by atoms with Crippen molar-refractivity contribution in [3.8, 4) is 0 Å². The molecule has 2 rings (SSSR count). The van der Waals surface area contributed by atoms with Crippen molar-refractivity contribution in [2.45, 2.75) is 184 Å². The highest BCUT2D eigenvalue weighted by atomic mass is 16.7. The van der Waals surface area contributed by atoms with Crippen molar-refractivity contribution in [3.05, 3.63) is 146 Å². The Hall–Kier alpha value is -4.13. The monoisotopic (exact) mass is 1020 g/mol. The van der Waals surface area contributed by atoms with E-state index in [0.717, 1.165) is 89.9 Å². The summed E-state index contributed by atoms with van der Waals surface area (Å²) in [6.07, 6.45) is 48.0. The maximum Gasteiger partial charge on any atom is 0.310 e. The van der Waals surface area contributed by atoms with Crippen LogP contribution in [-0.4, -0.2) is 142 Å². The van der Waals surface area contributed by atoms with Gasteiger partial charge in [-0.15, -0.1) is 0 Å². The number of aliphatic hydroxyl groups is 7. The molecular formula is C59H90O14. The first-order valence-corrected chi connectivity index (χ1v) is 26.4. The van der Waals surface area contributed by atoms with E-state index in [-0.39, 0.29) is 19.6 Å². The van der Waals surface area contributed by atoms with Crippen molar-refractivity contribution in [2.24, 2.45) is 0 Å². The van der Waals surface area contributed by atoms with Crippen LogP contribution in [-0.2, 0) is 33.2 Å². The topological polar surface area (TPSA) is 214 Å². The fraction of sp³-hybridized carbons (Fsp3) is 0.576. The molecule has 2 heterocycles. The highest BCUT2D eigenvalue weighted by molar-refractivity contribution is 5.71. The smallest absolute Gasteiger partial charge is 0.310 e. The first-order valence-electron chi connectivity index (χ1n) is 26.4. The number of carbonyl (C=O) groups excluding carboxylic acids is 1. The average molecular weight is 1020 g/mol. The zero-order chi connectivity index (χ0) is 53.0. The fourth-order valence-electron chi connectivity index (χ4n) is 7.16. The Bertz CT molecular complexity index is 1760. The molecule has 410 valence electrons. The van der Waals surface area contributed by atoms with Crippen molar-refractivity contribution in [1.82, 2.24) is 0 Å². The molecule has 11 atom stereocenters. The van der Waals surface area contributed by atoms with Crippen LogP contribution in [0.1, 0.15) is 117 Å². The minimum atomic E-state index is -1.74. The van der Waals surface area contributed by atoms with Crippen LogP contribution < -0.4 is 0 Å². The van der Waals surface area contributed by atoms with Crippen LogP contribution in [0.4, 0.5) is 0 Å². The quantitative estimate of drug-likeness (QED) is 0.0175. The highest BCUT2D eigenvalue weighted by Crippen LogP contribution is 2.26. The number of hydrogen-bond donors (Lipinski definition) is 7. The number of esters is 1. The number of carbonyl (C=O) groups is 1. The summed E-state index contributed by atoms with van der Waals surface area (Å²) >= 11 is 0. The van der Waals surface area contributed by atoms with Crippen LogP contribution in [0.5, 0.6) is 0 Å². The average Bonchev–Trinajstić information content (AvgIpc) is 3.39. The Balaban J connectivity index is 1.81. The zero-order valence-electron chi connectivity index (χ0n) is 43.5. The molecule has 0 aromatic rings. The Morgan fingerprint density at radius 3 is 1.27 bits per heavy atom.